The Bertz CT molecular complexity index is 441. The molecule has 0 atom stereocenters. The Morgan fingerprint density at radius 3 is 1.00 bits per heavy atom. The highest BCUT2D eigenvalue weighted by atomic mass is 32.2. The predicted molar refractivity (Wildman–Crippen MR) is 169 cm³/mol. The van der Waals surface area contributed by atoms with Crippen LogP contribution in [0, 0.1) is 0 Å². The molecule has 0 amide bonds. The van der Waals surface area contributed by atoms with E-state index in [1.54, 1.807) is 0 Å². The van der Waals surface area contributed by atoms with E-state index in [9.17, 15) is 0 Å². The lowest BCUT2D eigenvalue weighted by atomic mass is 10.0. The lowest BCUT2D eigenvalue weighted by Crippen LogP contribution is -2.29. The summed E-state index contributed by atoms with van der Waals surface area (Å²) in [6.45, 7) is 2.26. The Labute approximate surface area is 243 Å². The number of unbranched alkanes of at least 4 members (excludes halogenated alkanes) is 3. The van der Waals surface area contributed by atoms with Gasteiger partial charge < -0.3 is 14.0 Å². The fourth-order valence-corrected chi connectivity index (χ4v) is 9.85. The monoisotopic (exact) mass is 572 g/mol. The zero-order valence-electron chi connectivity index (χ0n) is 23.9. The predicted octanol–water partition coefficient (Wildman–Crippen LogP) is 9.56. The molecule has 7 heteroatoms. The first kappa shape index (κ1) is 32.5. The van der Waals surface area contributed by atoms with E-state index in [0.29, 0.717) is 0 Å². The quantitative estimate of drug-likeness (QED) is 0.100. The van der Waals surface area contributed by atoms with Crippen molar-refractivity contribution < 1.29 is 14.0 Å². The van der Waals surface area contributed by atoms with Crippen LogP contribution in [0.4, 0.5) is 0 Å². The SMILES string of the molecule is C1CCC(SCCCCOB(OCCCCSC2CCCCC2)OCCCCSC2CCCCC2)CC1. The van der Waals surface area contributed by atoms with E-state index in [4.69, 9.17) is 14.0 Å². The minimum absolute atomic E-state index is 0.469. The third kappa shape index (κ3) is 16.8. The minimum Gasteiger partial charge on any atom is -0.386 e. The first-order valence-electron chi connectivity index (χ1n) is 16.1. The van der Waals surface area contributed by atoms with Gasteiger partial charge in [-0.15, -0.1) is 0 Å². The molecule has 0 heterocycles. The van der Waals surface area contributed by atoms with Crippen LogP contribution in [-0.4, -0.2) is 60.2 Å². The molecule has 0 radical (unpaired) electrons. The van der Waals surface area contributed by atoms with Crippen LogP contribution in [0.5, 0.6) is 0 Å². The summed E-state index contributed by atoms with van der Waals surface area (Å²) in [7, 11) is -0.469. The van der Waals surface area contributed by atoms with Crippen LogP contribution in [0.3, 0.4) is 0 Å². The molecule has 0 aliphatic heterocycles. The van der Waals surface area contributed by atoms with E-state index < -0.39 is 7.32 Å². The van der Waals surface area contributed by atoms with Gasteiger partial charge in [-0.3, -0.25) is 0 Å². The fraction of sp³-hybridized carbons (Fsp3) is 1.00. The van der Waals surface area contributed by atoms with Crippen LogP contribution in [0.25, 0.3) is 0 Å². The van der Waals surface area contributed by atoms with Gasteiger partial charge in [0.05, 0.1) is 0 Å². The molecule has 216 valence electrons. The molecule has 0 unspecified atom stereocenters. The average molecular weight is 573 g/mol. The third-order valence-electron chi connectivity index (χ3n) is 8.10. The van der Waals surface area contributed by atoms with Gasteiger partial charge in [0, 0.05) is 35.6 Å². The van der Waals surface area contributed by atoms with E-state index >= 15 is 0 Å². The standard InChI is InChI=1S/C30H57BO3S3/c1-4-16-28(17-5-1)35-25-13-10-22-32-31(33-23-11-14-26-36-29-18-6-2-7-19-29)34-24-12-15-27-37-30-20-8-3-9-21-30/h28-30H,1-27H2. The Hall–Kier alpha value is 0.995. The normalized spacial score (nSPS) is 20.4. The first-order chi connectivity index (χ1) is 18.4. The summed E-state index contributed by atoms with van der Waals surface area (Å²) >= 11 is 6.59. The number of hydrogen-bond donors (Lipinski definition) is 0. The zero-order valence-corrected chi connectivity index (χ0v) is 26.3. The van der Waals surface area contributed by atoms with Gasteiger partial charge in [0.25, 0.3) is 0 Å². The summed E-state index contributed by atoms with van der Waals surface area (Å²) in [5, 5.41) is 2.75. The van der Waals surface area contributed by atoms with Crippen LogP contribution in [0.15, 0.2) is 0 Å². The van der Waals surface area contributed by atoms with E-state index in [-0.39, 0.29) is 0 Å². The molecule has 3 rings (SSSR count). The summed E-state index contributed by atoms with van der Waals surface area (Å²) in [5.74, 6) is 3.83. The molecule has 0 N–H and O–H groups in total. The molecular formula is C30H57BO3S3. The largest absolute Gasteiger partial charge is 0.639 e. The number of thioether (sulfide) groups is 3. The fourth-order valence-electron chi connectivity index (χ4n) is 5.74. The van der Waals surface area contributed by atoms with Crippen molar-refractivity contribution in [2.24, 2.45) is 0 Å². The Balaban J connectivity index is 1.21. The molecule has 0 bridgehead atoms. The second-order valence-electron chi connectivity index (χ2n) is 11.4. The van der Waals surface area contributed by atoms with Gasteiger partial charge in [0.15, 0.2) is 0 Å². The average Bonchev–Trinajstić information content (AvgIpc) is 2.95. The van der Waals surface area contributed by atoms with Crippen molar-refractivity contribution in [1.82, 2.24) is 0 Å². The Morgan fingerprint density at radius 1 is 0.405 bits per heavy atom. The van der Waals surface area contributed by atoms with Gasteiger partial charge in [-0.2, -0.15) is 35.3 Å². The molecule has 3 aliphatic rings. The van der Waals surface area contributed by atoms with Crippen LogP contribution in [0.1, 0.15) is 135 Å². The molecule has 3 aliphatic carbocycles. The molecule has 0 aromatic carbocycles. The lowest BCUT2D eigenvalue weighted by Gasteiger charge is -2.21. The van der Waals surface area contributed by atoms with E-state index in [1.807, 2.05) is 0 Å². The maximum absolute atomic E-state index is 6.07. The molecular weight excluding hydrogens is 515 g/mol. The molecule has 3 fully saturated rings. The van der Waals surface area contributed by atoms with E-state index in [0.717, 1.165) is 54.8 Å². The maximum Gasteiger partial charge on any atom is 0.639 e. The molecule has 0 spiro atoms. The molecule has 0 saturated heterocycles. The smallest absolute Gasteiger partial charge is 0.386 e. The van der Waals surface area contributed by atoms with Crippen LogP contribution >= 0.6 is 35.3 Å². The van der Waals surface area contributed by atoms with Crippen molar-refractivity contribution in [2.45, 2.75) is 151 Å². The highest BCUT2D eigenvalue weighted by Gasteiger charge is 2.21. The van der Waals surface area contributed by atoms with E-state index in [1.165, 1.54) is 133 Å². The topological polar surface area (TPSA) is 27.7 Å². The number of hydrogen-bond acceptors (Lipinski definition) is 6. The summed E-state index contributed by atoms with van der Waals surface area (Å²) < 4.78 is 18.2. The number of rotatable bonds is 21. The molecule has 3 nitrogen and oxygen atoms in total. The van der Waals surface area contributed by atoms with Crippen molar-refractivity contribution in [3.05, 3.63) is 0 Å². The van der Waals surface area contributed by atoms with Gasteiger partial charge in [-0.05, 0) is 94.3 Å². The van der Waals surface area contributed by atoms with Gasteiger partial charge >= 0.3 is 7.32 Å². The van der Waals surface area contributed by atoms with Crippen molar-refractivity contribution in [3.8, 4) is 0 Å². The van der Waals surface area contributed by atoms with Crippen molar-refractivity contribution in [2.75, 3.05) is 37.1 Å². The molecule has 37 heavy (non-hydrogen) atoms. The highest BCUT2D eigenvalue weighted by molar-refractivity contribution is 8.00. The first-order valence-corrected chi connectivity index (χ1v) is 19.2. The summed E-state index contributed by atoms with van der Waals surface area (Å²) in [5.41, 5.74) is 0. The second-order valence-corrected chi connectivity index (χ2v) is 15.6. The second kappa shape index (κ2) is 22.7. The van der Waals surface area contributed by atoms with Crippen molar-refractivity contribution in [1.29, 1.82) is 0 Å². The van der Waals surface area contributed by atoms with Gasteiger partial charge in [0.2, 0.25) is 0 Å². The highest BCUT2D eigenvalue weighted by Crippen LogP contribution is 2.30. The van der Waals surface area contributed by atoms with E-state index in [2.05, 4.69) is 35.3 Å². The molecule has 3 saturated carbocycles. The van der Waals surface area contributed by atoms with Gasteiger partial charge in [0.1, 0.15) is 0 Å². The van der Waals surface area contributed by atoms with Crippen LogP contribution in [-0.2, 0) is 14.0 Å². The Morgan fingerprint density at radius 2 is 0.703 bits per heavy atom. The van der Waals surface area contributed by atoms with Gasteiger partial charge in [-0.25, -0.2) is 0 Å². The van der Waals surface area contributed by atoms with Gasteiger partial charge in [-0.1, -0.05) is 57.8 Å². The molecule has 0 aromatic rings. The maximum atomic E-state index is 6.07. The Kier molecular flexibility index (Phi) is 19.9. The third-order valence-corrected chi connectivity index (χ3v) is 12.5. The minimum atomic E-state index is -0.469. The van der Waals surface area contributed by atoms with Crippen LogP contribution in [0.2, 0.25) is 0 Å². The lowest BCUT2D eigenvalue weighted by molar-refractivity contribution is 0.0900. The van der Waals surface area contributed by atoms with Crippen molar-refractivity contribution in [3.63, 3.8) is 0 Å². The van der Waals surface area contributed by atoms with Crippen LogP contribution < -0.4 is 0 Å². The zero-order chi connectivity index (χ0) is 25.6. The molecule has 0 aromatic heterocycles. The van der Waals surface area contributed by atoms with Crippen molar-refractivity contribution >= 4 is 42.6 Å². The summed E-state index contributed by atoms with van der Waals surface area (Å²) in [6, 6.07) is 0. The summed E-state index contributed by atoms with van der Waals surface area (Å²) in [4.78, 5) is 0. The summed E-state index contributed by atoms with van der Waals surface area (Å²) in [6.07, 6.45) is 28.6.